The van der Waals surface area contributed by atoms with E-state index < -0.39 is 5.97 Å². The predicted octanol–water partition coefficient (Wildman–Crippen LogP) is 2.76. The molecule has 1 amide bonds. The van der Waals surface area contributed by atoms with Gasteiger partial charge in [-0.25, -0.2) is 5.43 Å². The van der Waals surface area contributed by atoms with Gasteiger partial charge in [0.2, 0.25) is 0 Å². The van der Waals surface area contributed by atoms with E-state index >= 15 is 0 Å². The molecule has 0 aliphatic heterocycles. The summed E-state index contributed by atoms with van der Waals surface area (Å²) >= 11 is 0. The van der Waals surface area contributed by atoms with Crippen LogP contribution in [0.2, 0.25) is 0 Å². The van der Waals surface area contributed by atoms with Gasteiger partial charge in [0, 0.05) is 17.5 Å². The number of hydrogen-bond acceptors (Lipinski definition) is 4. The summed E-state index contributed by atoms with van der Waals surface area (Å²) in [6, 6.07) is 10.5. The monoisotopic (exact) mass is 314 g/mol. The first kappa shape index (κ1) is 16.5. The number of amides is 1. The second-order valence-corrected chi connectivity index (χ2v) is 5.08. The quantitative estimate of drug-likeness (QED) is 0.633. The van der Waals surface area contributed by atoms with Crippen LogP contribution < -0.4 is 5.43 Å². The number of nitrogens with zero attached hydrogens (tertiary/aromatic N) is 1. The molecule has 0 saturated heterocycles. The van der Waals surface area contributed by atoms with E-state index in [0.29, 0.717) is 29.2 Å². The van der Waals surface area contributed by atoms with E-state index in [1.54, 1.807) is 44.2 Å². The lowest BCUT2D eigenvalue weighted by Gasteiger charge is -2.01. The van der Waals surface area contributed by atoms with Gasteiger partial charge in [0.1, 0.15) is 11.5 Å². The molecule has 2 aromatic rings. The van der Waals surface area contributed by atoms with E-state index in [2.05, 4.69) is 10.5 Å². The summed E-state index contributed by atoms with van der Waals surface area (Å²) in [5.74, 6) is 0.0581. The molecule has 1 heterocycles. The topological polar surface area (TPSA) is 91.9 Å². The number of carbonyl (C=O) groups excluding carboxylic acids is 1. The maximum Gasteiger partial charge on any atom is 0.303 e. The second-order valence-electron chi connectivity index (χ2n) is 5.08. The van der Waals surface area contributed by atoms with E-state index in [4.69, 9.17) is 9.52 Å². The molecule has 0 bridgehead atoms. The first-order chi connectivity index (χ1) is 11.0. The molecular weight excluding hydrogens is 296 g/mol. The third kappa shape index (κ3) is 4.54. The van der Waals surface area contributed by atoms with Gasteiger partial charge in [0.25, 0.3) is 5.91 Å². The number of hydrogen-bond donors (Lipinski definition) is 2. The van der Waals surface area contributed by atoms with Crippen LogP contribution in [0.25, 0.3) is 0 Å². The van der Waals surface area contributed by atoms with Crippen molar-refractivity contribution in [1.82, 2.24) is 5.43 Å². The van der Waals surface area contributed by atoms with E-state index in [0.717, 1.165) is 5.56 Å². The molecule has 1 aromatic heterocycles. The van der Waals surface area contributed by atoms with E-state index in [-0.39, 0.29) is 12.3 Å². The van der Waals surface area contributed by atoms with E-state index in [9.17, 15) is 9.59 Å². The number of rotatable bonds is 6. The van der Waals surface area contributed by atoms with Gasteiger partial charge in [-0.3, -0.25) is 9.59 Å². The van der Waals surface area contributed by atoms with Gasteiger partial charge in [0.15, 0.2) is 0 Å². The highest BCUT2D eigenvalue weighted by atomic mass is 16.4. The number of carbonyl (C=O) groups is 2. The van der Waals surface area contributed by atoms with Crippen molar-refractivity contribution < 1.29 is 19.1 Å². The zero-order valence-electron chi connectivity index (χ0n) is 13.0. The average Bonchev–Trinajstić information content (AvgIpc) is 2.92. The van der Waals surface area contributed by atoms with Crippen molar-refractivity contribution in [3.8, 4) is 0 Å². The third-order valence-electron chi connectivity index (χ3n) is 3.30. The van der Waals surface area contributed by atoms with Gasteiger partial charge < -0.3 is 9.52 Å². The third-order valence-corrected chi connectivity index (χ3v) is 3.30. The lowest BCUT2D eigenvalue weighted by atomic mass is 10.1. The van der Waals surface area contributed by atoms with Crippen molar-refractivity contribution in [2.24, 2.45) is 5.10 Å². The zero-order valence-corrected chi connectivity index (χ0v) is 13.0. The molecule has 1 aromatic carbocycles. The lowest BCUT2D eigenvalue weighted by molar-refractivity contribution is -0.137. The van der Waals surface area contributed by atoms with Crippen molar-refractivity contribution in [3.05, 3.63) is 59.0 Å². The molecule has 0 atom stereocenters. The van der Waals surface area contributed by atoms with Crippen LogP contribution in [-0.4, -0.2) is 22.7 Å². The Morgan fingerprint density at radius 3 is 2.61 bits per heavy atom. The smallest absolute Gasteiger partial charge is 0.303 e. The van der Waals surface area contributed by atoms with E-state index in [1.165, 1.54) is 0 Å². The van der Waals surface area contributed by atoms with Crippen LogP contribution in [0.4, 0.5) is 0 Å². The molecule has 6 nitrogen and oxygen atoms in total. The number of hydrazone groups is 1. The van der Waals surface area contributed by atoms with Crippen LogP contribution in [-0.2, 0) is 11.2 Å². The predicted molar refractivity (Wildman–Crippen MR) is 85.5 cm³/mol. The minimum Gasteiger partial charge on any atom is -0.481 e. The fraction of sp³-hybridized carbons (Fsp3) is 0.235. The van der Waals surface area contributed by atoms with Gasteiger partial charge in [0.05, 0.1) is 12.1 Å². The Morgan fingerprint density at radius 1 is 1.26 bits per heavy atom. The average molecular weight is 314 g/mol. The standard InChI is InChI=1S/C17H18N2O4/c1-11(18-19-17(22)13-6-4-3-5-7-13)15-10-14(23-12(15)2)8-9-16(20)21/h3-7,10H,8-9H2,1-2H3,(H,19,22)(H,20,21)/b18-11-. The molecular formula is C17H18N2O4. The summed E-state index contributed by atoms with van der Waals surface area (Å²) in [7, 11) is 0. The summed E-state index contributed by atoms with van der Waals surface area (Å²) in [5.41, 5.74) is 4.36. The molecule has 0 spiro atoms. The number of furan rings is 1. The number of aliphatic carboxylic acids is 1. The fourth-order valence-corrected chi connectivity index (χ4v) is 2.11. The Bertz CT molecular complexity index is 732. The minimum absolute atomic E-state index is 0.00727. The molecule has 23 heavy (non-hydrogen) atoms. The maximum atomic E-state index is 11.9. The largest absolute Gasteiger partial charge is 0.481 e. The van der Waals surface area contributed by atoms with Gasteiger partial charge >= 0.3 is 5.97 Å². The molecule has 0 unspecified atom stereocenters. The fourth-order valence-electron chi connectivity index (χ4n) is 2.11. The first-order valence-electron chi connectivity index (χ1n) is 7.18. The van der Waals surface area contributed by atoms with Gasteiger partial charge in [-0.15, -0.1) is 0 Å². The van der Waals surface area contributed by atoms with Crippen LogP contribution >= 0.6 is 0 Å². The number of aryl methyl sites for hydroxylation is 2. The lowest BCUT2D eigenvalue weighted by Crippen LogP contribution is -2.19. The number of carboxylic acid groups (broad SMARTS) is 1. The van der Waals surface area contributed by atoms with Gasteiger partial charge in [-0.2, -0.15) is 5.10 Å². The highest BCUT2D eigenvalue weighted by Crippen LogP contribution is 2.17. The van der Waals surface area contributed by atoms with Gasteiger partial charge in [-0.1, -0.05) is 18.2 Å². The van der Waals surface area contributed by atoms with Crippen LogP contribution in [0.5, 0.6) is 0 Å². The molecule has 2 N–H and O–H groups in total. The molecule has 0 radical (unpaired) electrons. The van der Waals surface area contributed by atoms with Crippen molar-refractivity contribution in [3.63, 3.8) is 0 Å². The molecule has 0 fully saturated rings. The number of nitrogens with one attached hydrogen (secondary N) is 1. The molecule has 2 rings (SSSR count). The van der Waals surface area contributed by atoms with Crippen molar-refractivity contribution in [1.29, 1.82) is 0 Å². The number of benzene rings is 1. The molecule has 0 aliphatic carbocycles. The van der Waals surface area contributed by atoms with Crippen LogP contribution in [0, 0.1) is 6.92 Å². The van der Waals surface area contributed by atoms with Crippen LogP contribution in [0.3, 0.4) is 0 Å². The molecule has 0 aliphatic rings. The summed E-state index contributed by atoms with van der Waals surface area (Å²) in [6.45, 7) is 3.53. The second kappa shape index (κ2) is 7.40. The maximum absolute atomic E-state index is 11.9. The molecule has 0 saturated carbocycles. The SMILES string of the molecule is C/C(=N/NC(=O)c1ccccc1)c1cc(CCC(=O)O)oc1C. The highest BCUT2D eigenvalue weighted by molar-refractivity contribution is 6.01. The van der Waals surface area contributed by atoms with Crippen molar-refractivity contribution >= 4 is 17.6 Å². The Labute approximate surface area is 133 Å². The molecule has 6 heteroatoms. The Balaban J connectivity index is 2.06. The summed E-state index contributed by atoms with van der Waals surface area (Å²) in [5, 5.41) is 12.8. The Hall–Kier alpha value is -2.89. The highest BCUT2D eigenvalue weighted by Gasteiger charge is 2.12. The summed E-state index contributed by atoms with van der Waals surface area (Å²) < 4.78 is 5.52. The van der Waals surface area contributed by atoms with Gasteiger partial charge in [-0.05, 0) is 32.0 Å². The van der Waals surface area contributed by atoms with Crippen molar-refractivity contribution in [2.45, 2.75) is 26.7 Å². The van der Waals surface area contributed by atoms with Crippen LogP contribution in [0.1, 0.15) is 40.8 Å². The Kier molecular flexibility index (Phi) is 5.30. The van der Waals surface area contributed by atoms with E-state index in [1.807, 2.05) is 6.07 Å². The normalized spacial score (nSPS) is 11.3. The summed E-state index contributed by atoms with van der Waals surface area (Å²) in [4.78, 5) is 22.5. The van der Waals surface area contributed by atoms with Crippen LogP contribution in [0.15, 0.2) is 45.9 Å². The summed E-state index contributed by atoms with van der Waals surface area (Å²) in [6.07, 6.45) is 0.327. The minimum atomic E-state index is -0.874. The first-order valence-corrected chi connectivity index (χ1v) is 7.18. The van der Waals surface area contributed by atoms with Crippen molar-refractivity contribution in [2.75, 3.05) is 0 Å². The Morgan fingerprint density at radius 2 is 1.96 bits per heavy atom. The molecule has 120 valence electrons. The zero-order chi connectivity index (χ0) is 16.8. The number of carboxylic acids is 1.